The maximum absolute atomic E-state index is 6.21. The third kappa shape index (κ3) is 4.62. The Morgan fingerprint density at radius 1 is 1.05 bits per heavy atom. The van der Waals surface area contributed by atoms with Crippen LogP contribution in [0, 0.1) is 0 Å². The minimum absolute atomic E-state index is 0.460. The van der Waals surface area contributed by atoms with E-state index < -0.39 is 17.4 Å². The van der Waals surface area contributed by atoms with Crippen LogP contribution in [-0.4, -0.2) is 50.9 Å². The summed E-state index contributed by atoms with van der Waals surface area (Å²) < 4.78 is 27.9. The molecular formula is C13H30O5Si2. The molecule has 0 aromatic rings. The highest BCUT2D eigenvalue weighted by Gasteiger charge is 2.49. The van der Waals surface area contributed by atoms with Gasteiger partial charge < -0.3 is 22.1 Å². The Morgan fingerprint density at radius 2 is 1.60 bits per heavy atom. The van der Waals surface area contributed by atoms with Crippen molar-refractivity contribution in [2.45, 2.75) is 64.0 Å². The minimum Gasteiger partial charge on any atom is -0.394 e. The van der Waals surface area contributed by atoms with Gasteiger partial charge in [-0.3, -0.25) is 0 Å². The monoisotopic (exact) mass is 322 g/mol. The SMILES string of the molecule is CCC1OC1CCC(C)[Si](C)(C)O[Si](OC)(OC)OC. The molecule has 0 aliphatic carbocycles. The van der Waals surface area contributed by atoms with Crippen LogP contribution in [-0.2, 0) is 22.1 Å². The first-order valence-electron chi connectivity index (χ1n) is 7.35. The van der Waals surface area contributed by atoms with Gasteiger partial charge in [0.1, 0.15) is 0 Å². The fourth-order valence-corrected chi connectivity index (χ4v) is 8.10. The minimum atomic E-state index is -2.95. The molecule has 1 aliphatic heterocycles. The Hall–Kier alpha value is 0.234. The molecule has 1 rings (SSSR count). The highest BCUT2D eigenvalue weighted by molar-refractivity contribution is 6.80. The molecule has 1 fully saturated rings. The Kier molecular flexibility index (Phi) is 6.84. The first-order valence-corrected chi connectivity index (χ1v) is 12.0. The molecule has 7 heteroatoms. The quantitative estimate of drug-likeness (QED) is 0.457. The van der Waals surface area contributed by atoms with E-state index >= 15 is 0 Å². The van der Waals surface area contributed by atoms with Crippen LogP contribution >= 0.6 is 0 Å². The smallest absolute Gasteiger partial charge is 0.394 e. The van der Waals surface area contributed by atoms with Crippen molar-refractivity contribution in [2.24, 2.45) is 0 Å². The molecule has 0 bridgehead atoms. The fraction of sp³-hybridized carbons (Fsp3) is 1.00. The largest absolute Gasteiger partial charge is 0.668 e. The second kappa shape index (κ2) is 7.48. The third-order valence-corrected chi connectivity index (χ3v) is 11.6. The highest BCUT2D eigenvalue weighted by atomic mass is 28.5. The average Bonchev–Trinajstić information content (AvgIpc) is 3.21. The van der Waals surface area contributed by atoms with E-state index in [4.69, 9.17) is 22.1 Å². The summed E-state index contributed by atoms with van der Waals surface area (Å²) in [6.07, 6.45) is 4.28. The first kappa shape index (κ1) is 18.3. The second-order valence-electron chi connectivity index (χ2n) is 5.92. The molecule has 20 heavy (non-hydrogen) atoms. The standard InChI is InChI=1S/C13H30O5Si2/c1-8-12-13(17-12)10-9-11(2)19(6,7)18-20(14-3,15-4)16-5/h11-13H,8-10H2,1-7H3. The summed E-state index contributed by atoms with van der Waals surface area (Å²) in [5.41, 5.74) is 0.497. The molecule has 0 saturated carbocycles. The van der Waals surface area contributed by atoms with Crippen LogP contribution < -0.4 is 0 Å². The Bertz CT molecular complexity index is 288. The van der Waals surface area contributed by atoms with Gasteiger partial charge in [-0.05, 0) is 37.9 Å². The van der Waals surface area contributed by atoms with E-state index in [9.17, 15) is 0 Å². The van der Waals surface area contributed by atoms with Crippen molar-refractivity contribution in [1.29, 1.82) is 0 Å². The summed E-state index contributed by atoms with van der Waals surface area (Å²) in [6.45, 7) is 8.81. The third-order valence-electron chi connectivity index (χ3n) is 4.30. The molecule has 0 spiro atoms. The highest BCUT2D eigenvalue weighted by Crippen LogP contribution is 2.36. The molecule has 0 radical (unpaired) electrons. The fourth-order valence-electron chi connectivity index (χ4n) is 2.35. The van der Waals surface area contributed by atoms with Gasteiger partial charge in [-0.25, -0.2) is 0 Å². The summed E-state index contributed by atoms with van der Waals surface area (Å²) in [6, 6.07) is 0. The molecule has 3 unspecified atom stereocenters. The lowest BCUT2D eigenvalue weighted by Gasteiger charge is -2.36. The Morgan fingerprint density at radius 3 is 2.00 bits per heavy atom. The van der Waals surface area contributed by atoms with E-state index in [1.807, 2.05) is 0 Å². The molecule has 5 nitrogen and oxygen atoms in total. The van der Waals surface area contributed by atoms with Gasteiger partial charge in [-0.1, -0.05) is 13.8 Å². The van der Waals surface area contributed by atoms with Crippen LogP contribution in [0.1, 0.15) is 33.1 Å². The van der Waals surface area contributed by atoms with Crippen LogP contribution in [0.15, 0.2) is 0 Å². The van der Waals surface area contributed by atoms with Crippen molar-refractivity contribution >= 4 is 17.4 Å². The van der Waals surface area contributed by atoms with Crippen LogP contribution in [0.25, 0.3) is 0 Å². The molecule has 0 N–H and O–H groups in total. The van der Waals surface area contributed by atoms with Gasteiger partial charge in [0.25, 0.3) is 0 Å². The van der Waals surface area contributed by atoms with Crippen LogP contribution in [0.3, 0.4) is 0 Å². The number of rotatable bonds is 10. The van der Waals surface area contributed by atoms with E-state index in [1.54, 1.807) is 21.3 Å². The van der Waals surface area contributed by atoms with Crippen LogP contribution in [0.4, 0.5) is 0 Å². The Labute approximate surface area is 125 Å². The maximum atomic E-state index is 6.21. The topological polar surface area (TPSA) is 49.5 Å². The van der Waals surface area contributed by atoms with E-state index in [0.29, 0.717) is 17.7 Å². The molecule has 0 amide bonds. The van der Waals surface area contributed by atoms with Crippen molar-refractivity contribution in [1.82, 2.24) is 0 Å². The van der Waals surface area contributed by atoms with Gasteiger partial charge >= 0.3 is 9.05 Å². The molecule has 1 saturated heterocycles. The Balaban J connectivity index is 2.49. The zero-order chi connectivity index (χ0) is 15.4. The van der Waals surface area contributed by atoms with Gasteiger partial charge in [-0.15, -0.1) is 0 Å². The lowest BCUT2D eigenvalue weighted by molar-refractivity contribution is 0.0469. The van der Waals surface area contributed by atoms with Crippen molar-refractivity contribution in [2.75, 3.05) is 21.3 Å². The maximum Gasteiger partial charge on any atom is 0.668 e. The van der Waals surface area contributed by atoms with E-state index in [0.717, 1.165) is 19.3 Å². The molecule has 3 atom stereocenters. The molecule has 120 valence electrons. The summed E-state index contributed by atoms with van der Waals surface area (Å²) in [5, 5.41) is 0. The number of hydrogen-bond acceptors (Lipinski definition) is 5. The second-order valence-corrected chi connectivity index (χ2v) is 13.2. The number of ether oxygens (including phenoxy) is 1. The zero-order valence-electron chi connectivity index (χ0n) is 13.9. The van der Waals surface area contributed by atoms with Crippen LogP contribution in [0.5, 0.6) is 0 Å². The van der Waals surface area contributed by atoms with Crippen molar-refractivity contribution in [3.05, 3.63) is 0 Å². The summed E-state index contributed by atoms with van der Waals surface area (Å²) in [4.78, 5) is 0. The molecule has 1 aliphatic rings. The summed E-state index contributed by atoms with van der Waals surface area (Å²) in [5.74, 6) is 0. The summed E-state index contributed by atoms with van der Waals surface area (Å²) in [7, 11) is -0.146. The van der Waals surface area contributed by atoms with Crippen molar-refractivity contribution in [3.63, 3.8) is 0 Å². The van der Waals surface area contributed by atoms with E-state index in [2.05, 4.69) is 26.9 Å². The lowest BCUT2D eigenvalue weighted by atomic mass is 10.1. The molecule has 0 aromatic heterocycles. The molecule has 1 heterocycles. The average molecular weight is 323 g/mol. The van der Waals surface area contributed by atoms with Crippen molar-refractivity contribution < 1.29 is 22.1 Å². The van der Waals surface area contributed by atoms with E-state index in [-0.39, 0.29) is 0 Å². The predicted octanol–water partition coefficient (Wildman–Crippen LogP) is 2.93. The van der Waals surface area contributed by atoms with Gasteiger partial charge in [0.05, 0.1) is 12.2 Å². The molecule has 0 aromatic carbocycles. The van der Waals surface area contributed by atoms with Crippen molar-refractivity contribution in [3.8, 4) is 0 Å². The summed E-state index contributed by atoms with van der Waals surface area (Å²) >= 11 is 0. The zero-order valence-corrected chi connectivity index (χ0v) is 15.9. The van der Waals surface area contributed by atoms with Gasteiger partial charge in [0, 0.05) is 21.3 Å². The van der Waals surface area contributed by atoms with Gasteiger partial charge in [0.15, 0.2) is 8.32 Å². The number of hydrogen-bond donors (Lipinski definition) is 0. The van der Waals surface area contributed by atoms with Crippen LogP contribution in [0.2, 0.25) is 18.6 Å². The van der Waals surface area contributed by atoms with Gasteiger partial charge in [-0.2, -0.15) is 0 Å². The first-order chi connectivity index (χ1) is 9.34. The lowest BCUT2D eigenvalue weighted by Crippen LogP contribution is -2.55. The number of epoxide rings is 1. The molecular weight excluding hydrogens is 292 g/mol. The van der Waals surface area contributed by atoms with E-state index in [1.165, 1.54) is 0 Å². The predicted molar refractivity (Wildman–Crippen MR) is 83.0 cm³/mol. The van der Waals surface area contributed by atoms with Gasteiger partial charge in [0.2, 0.25) is 0 Å². The normalized spacial score (nSPS) is 24.8.